The first-order valence-corrected chi connectivity index (χ1v) is 7.69. The lowest BCUT2D eigenvalue weighted by Crippen LogP contribution is -2.51. The van der Waals surface area contributed by atoms with Crippen LogP contribution in [0.4, 0.5) is 0 Å². The van der Waals surface area contributed by atoms with E-state index in [2.05, 4.69) is 10.4 Å². The molecule has 0 aliphatic rings. The van der Waals surface area contributed by atoms with Gasteiger partial charge in [0.1, 0.15) is 0 Å². The largest absolute Gasteiger partial charge is 0.354 e. The Morgan fingerprint density at radius 2 is 2.04 bits per heavy atom. The number of aromatic nitrogens is 2. The summed E-state index contributed by atoms with van der Waals surface area (Å²) in [5, 5.41) is 7.25. The second-order valence-electron chi connectivity index (χ2n) is 5.80. The van der Waals surface area contributed by atoms with Crippen molar-refractivity contribution in [2.75, 3.05) is 6.54 Å². The van der Waals surface area contributed by atoms with E-state index in [4.69, 9.17) is 5.73 Å². The quantitative estimate of drug-likeness (QED) is 0.815. The number of nitrogens with one attached hydrogen (secondary N) is 1. The lowest BCUT2D eigenvalue weighted by atomic mass is 9.96. The van der Waals surface area contributed by atoms with E-state index < -0.39 is 5.54 Å². The van der Waals surface area contributed by atoms with E-state index in [1.807, 2.05) is 54.3 Å². The molecule has 1 atom stereocenters. The number of rotatable bonds is 7. The van der Waals surface area contributed by atoms with Crippen LogP contribution in [0.5, 0.6) is 0 Å². The summed E-state index contributed by atoms with van der Waals surface area (Å²) in [6.45, 7) is 4.37. The minimum Gasteiger partial charge on any atom is -0.354 e. The molecule has 5 nitrogen and oxygen atoms in total. The van der Waals surface area contributed by atoms with Gasteiger partial charge in [-0.2, -0.15) is 5.10 Å². The van der Waals surface area contributed by atoms with Gasteiger partial charge in [0.05, 0.1) is 17.4 Å². The summed E-state index contributed by atoms with van der Waals surface area (Å²) in [7, 11) is 0. The highest BCUT2D eigenvalue weighted by atomic mass is 35.5. The molecule has 23 heavy (non-hydrogen) atoms. The molecule has 126 valence electrons. The van der Waals surface area contributed by atoms with Crippen LogP contribution in [0.2, 0.25) is 0 Å². The fourth-order valence-electron chi connectivity index (χ4n) is 2.37. The second-order valence-corrected chi connectivity index (χ2v) is 5.80. The van der Waals surface area contributed by atoms with Crippen molar-refractivity contribution in [3.05, 3.63) is 48.3 Å². The van der Waals surface area contributed by atoms with E-state index in [1.165, 1.54) is 0 Å². The molecule has 6 heteroatoms. The SMILES string of the molecule is CCCC(C)(N)C(=O)NCCc1cnn(-c2ccccc2)c1.Cl. The van der Waals surface area contributed by atoms with Crippen LogP contribution < -0.4 is 11.1 Å². The van der Waals surface area contributed by atoms with Crippen molar-refractivity contribution in [1.29, 1.82) is 0 Å². The number of carbonyl (C=O) groups excluding carboxylic acids is 1. The highest BCUT2D eigenvalue weighted by molar-refractivity contribution is 5.85. The maximum Gasteiger partial charge on any atom is 0.239 e. The number of para-hydroxylation sites is 1. The van der Waals surface area contributed by atoms with Gasteiger partial charge in [0.15, 0.2) is 0 Å². The van der Waals surface area contributed by atoms with Gasteiger partial charge >= 0.3 is 0 Å². The molecule has 2 rings (SSSR count). The molecule has 1 aromatic heterocycles. The molecule has 0 radical (unpaired) electrons. The number of hydrogen-bond donors (Lipinski definition) is 2. The molecule has 0 spiro atoms. The molecule has 0 aliphatic heterocycles. The molecule has 0 saturated carbocycles. The zero-order valence-electron chi connectivity index (χ0n) is 13.7. The third-order valence-electron chi connectivity index (χ3n) is 3.64. The smallest absolute Gasteiger partial charge is 0.239 e. The number of amides is 1. The van der Waals surface area contributed by atoms with Crippen LogP contribution in [0.1, 0.15) is 32.3 Å². The van der Waals surface area contributed by atoms with Crippen LogP contribution in [0.15, 0.2) is 42.7 Å². The molecule has 3 N–H and O–H groups in total. The minimum atomic E-state index is -0.789. The standard InChI is InChI=1S/C17H24N4O.ClH/c1-3-10-17(2,18)16(22)19-11-9-14-12-20-21(13-14)15-7-5-4-6-8-15;/h4-8,12-13H,3,9-11,18H2,1-2H3,(H,19,22);1H. The van der Waals surface area contributed by atoms with E-state index in [0.717, 1.165) is 24.1 Å². The minimum absolute atomic E-state index is 0. The predicted octanol–water partition coefficient (Wildman–Crippen LogP) is 2.47. The van der Waals surface area contributed by atoms with Crippen LogP contribution >= 0.6 is 12.4 Å². The van der Waals surface area contributed by atoms with Crippen molar-refractivity contribution in [3.8, 4) is 5.69 Å². The van der Waals surface area contributed by atoms with Crippen molar-refractivity contribution >= 4 is 18.3 Å². The first-order chi connectivity index (χ1) is 10.5. The molecule has 1 heterocycles. The van der Waals surface area contributed by atoms with Gasteiger partial charge in [-0.1, -0.05) is 31.5 Å². The van der Waals surface area contributed by atoms with Gasteiger partial charge in [0, 0.05) is 12.7 Å². The Balaban J connectivity index is 0.00000264. The second kappa shape index (κ2) is 8.70. The average molecular weight is 337 g/mol. The number of hydrogen-bond acceptors (Lipinski definition) is 3. The number of carbonyl (C=O) groups is 1. The Bertz CT molecular complexity index is 610. The third-order valence-corrected chi connectivity index (χ3v) is 3.64. The van der Waals surface area contributed by atoms with Crippen molar-refractivity contribution in [3.63, 3.8) is 0 Å². The fraction of sp³-hybridized carbons (Fsp3) is 0.412. The maximum atomic E-state index is 12.0. The van der Waals surface area contributed by atoms with Crippen LogP contribution in [0.25, 0.3) is 5.69 Å². The van der Waals surface area contributed by atoms with Crippen LogP contribution in [-0.4, -0.2) is 27.8 Å². The van der Waals surface area contributed by atoms with E-state index >= 15 is 0 Å². The fourth-order valence-corrected chi connectivity index (χ4v) is 2.37. The molecule has 2 aromatic rings. The predicted molar refractivity (Wildman–Crippen MR) is 95.0 cm³/mol. The topological polar surface area (TPSA) is 72.9 Å². The van der Waals surface area contributed by atoms with Crippen LogP contribution in [0, 0.1) is 0 Å². The summed E-state index contributed by atoms with van der Waals surface area (Å²) in [5.74, 6) is -0.0928. The monoisotopic (exact) mass is 336 g/mol. The van der Waals surface area contributed by atoms with Gasteiger partial charge in [-0.3, -0.25) is 4.79 Å². The highest BCUT2D eigenvalue weighted by Crippen LogP contribution is 2.09. The van der Waals surface area contributed by atoms with Crippen molar-refractivity contribution in [2.45, 2.75) is 38.6 Å². The molecule has 1 unspecified atom stereocenters. The van der Waals surface area contributed by atoms with Crippen molar-refractivity contribution in [1.82, 2.24) is 15.1 Å². The number of nitrogens with two attached hydrogens (primary N) is 1. The zero-order valence-corrected chi connectivity index (χ0v) is 14.5. The van der Waals surface area contributed by atoms with Gasteiger partial charge in [-0.15, -0.1) is 12.4 Å². The molecule has 1 amide bonds. The summed E-state index contributed by atoms with van der Waals surface area (Å²) in [5.41, 5.74) is 7.32. The Hall–Kier alpha value is -1.85. The number of benzene rings is 1. The molecular formula is C17H25ClN4O. The normalized spacial score (nSPS) is 13.0. The third kappa shape index (κ3) is 5.37. The first kappa shape index (κ1) is 19.2. The van der Waals surface area contributed by atoms with Gasteiger partial charge < -0.3 is 11.1 Å². The first-order valence-electron chi connectivity index (χ1n) is 7.69. The highest BCUT2D eigenvalue weighted by Gasteiger charge is 2.26. The summed E-state index contributed by atoms with van der Waals surface area (Å²) >= 11 is 0. The van der Waals surface area contributed by atoms with Crippen LogP contribution in [-0.2, 0) is 11.2 Å². The Morgan fingerprint density at radius 3 is 2.70 bits per heavy atom. The summed E-state index contributed by atoms with van der Waals surface area (Å²) in [6, 6.07) is 9.94. The van der Waals surface area contributed by atoms with E-state index in [1.54, 1.807) is 6.92 Å². The van der Waals surface area contributed by atoms with E-state index in [9.17, 15) is 4.79 Å². The van der Waals surface area contributed by atoms with Gasteiger partial charge in [-0.05, 0) is 37.5 Å². The summed E-state index contributed by atoms with van der Waals surface area (Å²) in [6.07, 6.45) is 6.12. The Morgan fingerprint density at radius 1 is 1.35 bits per heavy atom. The van der Waals surface area contributed by atoms with E-state index in [0.29, 0.717) is 13.0 Å². The molecule has 0 aliphatic carbocycles. The zero-order chi connectivity index (χ0) is 16.0. The molecule has 0 saturated heterocycles. The molecule has 0 bridgehead atoms. The number of halogens is 1. The van der Waals surface area contributed by atoms with E-state index in [-0.39, 0.29) is 18.3 Å². The Labute approximate surface area is 143 Å². The van der Waals surface area contributed by atoms with Gasteiger partial charge in [0.2, 0.25) is 5.91 Å². The average Bonchev–Trinajstić information content (AvgIpc) is 2.97. The van der Waals surface area contributed by atoms with Crippen LogP contribution in [0.3, 0.4) is 0 Å². The Kier molecular flexibility index (Phi) is 7.26. The summed E-state index contributed by atoms with van der Waals surface area (Å²) in [4.78, 5) is 12.0. The molecule has 1 aromatic carbocycles. The maximum absolute atomic E-state index is 12.0. The molecular weight excluding hydrogens is 312 g/mol. The lowest BCUT2D eigenvalue weighted by Gasteiger charge is -2.22. The lowest BCUT2D eigenvalue weighted by molar-refractivity contribution is -0.126. The van der Waals surface area contributed by atoms with Gasteiger partial charge in [0.25, 0.3) is 0 Å². The summed E-state index contributed by atoms with van der Waals surface area (Å²) < 4.78 is 1.83. The van der Waals surface area contributed by atoms with Crippen molar-refractivity contribution < 1.29 is 4.79 Å². The van der Waals surface area contributed by atoms with Crippen molar-refractivity contribution in [2.24, 2.45) is 5.73 Å². The molecule has 0 fully saturated rings. The number of nitrogens with zero attached hydrogens (tertiary/aromatic N) is 2. The van der Waals surface area contributed by atoms with Gasteiger partial charge in [-0.25, -0.2) is 4.68 Å².